The Labute approximate surface area is 156 Å². The van der Waals surface area contributed by atoms with Crippen molar-refractivity contribution in [3.63, 3.8) is 0 Å². The van der Waals surface area contributed by atoms with Crippen LogP contribution in [-0.2, 0) is 4.79 Å². The summed E-state index contributed by atoms with van der Waals surface area (Å²) in [7, 11) is 0. The molecule has 3 rings (SSSR count). The molecule has 7 nitrogen and oxygen atoms in total. The van der Waals surface area contributed by atoms with Crippen molar-refractivity contribution in [2.24, 2.45) is 0 Å². The molecule has 9 heteroatoms. The first kappa shape index (κ1) is 17.8. The minimum Gasteiger partial charge on any atom is -0.457 e. The molecule has 26 heavy (non-hydrogen) atoms. The number of carbonyl (C=O) groups is 2. The Hall–Kier alpha value is -3.02. The summed E-state index contributed by atoms with van der Waals surface area (Å²) in [5.74, 6) is 2.35. The van der Waals surface area contributed by atoms with Crippen LogP contribution in [0.4, 0.5) is 10.5 Å². The lowest BCUT2D eigenvalue weighted by Gasteiger charge is -2.06. The Morgan fingerprint density at radius 3 is 2.81 bits per heavy atom. The van der Waals surface area contributed by atoms with E-state index in [1.165, 1.54) is 24.3 Å². The van der Waals surface area contributed by atoms with E-state index in [2.05, 4.69) is 5.92 Å². The number of imide groups is 1. The quantitative estimate of drug-likeness (QED) is 0.337. The van der Waals surface area contributed by atoms with Crippen molar-refractivity contribution < 1.29 is 18.9 Å². The Balaban J connectivity index is 1.91. The van der Waals surface area contributed by atoms with Gasteiger partial charge in [-0.25, -0.2) is 0 Å². The molecule has 2 amide bonds. The van der Waals surface area contributed by atoms with Crippen molar-refractivity contribution in [1.82, 2.24) is 4.90 Å². The van der Waals surface area contributed by atoms with Gasteiger partial charge < -0.3 is 4.42 Å². The molecule has 0 N–H and O–H groups in total. The number of hydrogen-bond donors (Lipinski definition) is 0. The van der Waals surface area contributed by atoms with Gasteiger partial charge in [0, 0.05) is 23.8 Å². The first-order valence-corrected chi connectivity index (χ1v) is 8.33. The van der Waals surface area contributed by atoms with Crippen LogP contribution in [0.2, 0.25) is 5.02 Å². The number of thioether (sulfide) groups is 1. The van der Waals surface area contributed by atoms with E-state index in [-0.39, 0.29) is 22.2 Å². The Bertz CT molecular complexity index is 1000. The normalized spacial score (nSPS) is 15.5. The molecule has 1 aliphatic heterocycles. The Kier molecular flexibility index (Phi) is 4.84. The van der Waals surface area contributed by atoms with Gasteiger partial charge in [0.2, 0.25) is 0 Å². The van der Waals surface area contributed by atoms with Crippen LogP contribution < -0.4 is 0 Å². The van der Waals surface area contributed by atoms with Crippen LogP contribution in [0.15, 0.2) is 39.7 Å². The maximum absolute atomic E-state index is 12.1. The maximum atomic E-state index is 12.1. The van der Waals surface area contributed by atoms with Crippen molar-refractivity contribution in [3.05, 3.63) is 56.1 Å². The van der Waals surface area contributed by atoms with Crippen molar-refractivity contribution in [2.75, 3.05) is 6.54 Å². The van der Waals surface area contributed by atoms with Crippen molar-refractivity contribution >= 4 is 46.3 Å². The van der Waals surface area contributed by atoms with E-state index >= 15 is 0 Å². The summed E-state index contributed by atoms with van der Waals surface area (Å²) >= 11 is 6.84. The van der Waals surface area contributed by atoms with Crippen LogP contribution in [0, 0.1) is 22.5 Å². The molecule has 1 saturated heterocycles. The summed E-state index contributed by atoms with van der Waals surface area (Å²) in [6, 6.07) is 7.13. The van der Waals surface area contributed by atoms with Crippen molar-refractivity contribution in [3.8, 4) is 23.7 Å². The summed E-state index contributed by atoms with van der Waals surface area (Å²) in [5.41, 5.74) is 0.221. The third kappa shape index (κ3) is 3.35. The van der Waals surface area contributed by atoms with Crippen molar-refractivity contribution in [2.45, 2.75) is 0 Å². The van der Waals surface area contributed by atoms with Gasteiger partial charge in [-0.05, 0) is 30.0 Å². The number of nitrogens with zero attached hydrogens (tertiary/aromatic N) is 2. The van der Waals surface area contributed by atoms with E-state index in [1.807, 2.05) is 0 Å². The lowest BCUT2D eigenvalue weighted by atomic mass is 10.1. The molecule has 0 aliphatic carbocycles. The first-order chi connectivity index (χ1) is 12.4. The van der Waals surface area contributed by atoms with Gasteiger partial charge in [-0.1, -0.05) is 17.5 Å². The fraction of sp³-hybridized carbons (Fsp3) is 0.0588. The molecule has 0 unspecified atom stereocenters. The number of halogens is 1. The van der Waals surface area contributed by atoms with Crippen LogP contribution >= 0.6 is 23.4 Å². The van der Waals surface area contributed by atoms with Gasteiger partial charge in [0.15, 0.2) is 0 Å². The van der Waals surface area contributed by atoms with E-state index in [1.54, 1.807) is 12.1 Å². The molecule has 130 valence electrons. The lowest BCUT2D eigenvalue weighted by Crippen LogP contribution is -2.28. The molecule has 1 fully saturated rings. The second kappa shape index (κ2) is 7.07. The molecule has 0 spiro atoms. The number of terminal acetylenes is 1. The zero-order chi connectivity index (χ0) is 18.8. The first-order valence-electron chi connectivity index (χ1n) is 7.13. The van der Waals surface area contributed by atoms with Crippen LogP contribution in [-0.4, -0.2) is 27.5 Å². The molecule has 0 radical (unpaired) electrons. The number of amides is 2. The summed E-state index contributed by atoms with van der Waals surface area (Å²) < 4.78 is 5.61. The van der Waals surface area contributed by atoms with Gasteiger partial charge in [0.05, 0.1) is 21.4 Å². The maximum Gasteiger partial charge on any atom is 0.294 e. The van der Waals surface area contributed by atoms with Gasteiger partial charge in [-0.15, -0.1) is 6.42 Å². The molecule has 0 saturated carbocycles. The largest absolute Gasteiger partial charge is 0.457 e. The second-order valence-corrected chi connectivity index (χ2v) is 6.50. The SMILES string of the molecule is C#CCN1C(=O)S/C(=C/c2ccc(-c3cc([N+](=O)[O-])ccc3Cl)o2)C1=O. The Morgan fingerprint density at radius 2 is 2.12 bits per heavy atom. The molecule has 2 heterocycles. The van der Waals surface area contributed by atoms with Crippen molar-refractivity contribution in [1.29, 1.82) is 0 Å². The lowest BCUT2D eigenvalue weighted by molar-refractivity contribution is -0.384. The summed E-state index contributed by atoms with van der Waals surface area (Å²) in [4.78, 5) is 35.4. The van der Waals surface area contributed by atoms with Gasteiger partial charge in [-0.3, -0.25) is 24.6 Å². The number of non-ortho nitro benzene ring substituents is 1. The highest BCUT2D eigenvalue weighted by molar-refractivity contribution is 8.18. The number of carbonyl (C=O) groups excluding carboxylic acids is 2. The fourth-order valence-electron chi connectivity index (χ4n) is 2.25. The average molecular weight is 389 g/mol. The van der Waals surface area contributed by atoms with Gasteiger partial charge >= 0.3 is 0 Å². The highest BCUT2D eigenvalue weighted by atomic mass is 35.5. The summed E-state index contributed by atoms with van der Waals surface area (Å²) in [6.07, 6.45) is 6.56. The zero-order valence-corrected chi connectivity index (χ0v) is 14.5. The molecule has 0 bridgehead atoms. The number of hydrogen-bond acceptors (Lipinski definition) is 6. The molecule has 1 aromatic carbocycles. The highest BCUT2D eigenvalue weighted by Crippen LogP contribution is 2.35. The third-order valence-corrected chi connectivity index (χ3v) is 4.69. The zero-order valence-electron chi connectivity index (χ0n) is 13.0. The van der Waals surface area contributed by atoms with Gasteiger partial charge in [-0.2, -0.15) is 0 Å². The average Bonchev–Trinajstić information content (AvgIpc) is 3.16. The number of benzene rings is 1. The minimum atomic E-state index is -0.537. The van der Waals surface area contributed by atoms with Crippen LogP contribution in [0.1, 0.15) is 5.76 Å². The summed E-state index contributed by atoms with van der Waals surface area (Å²) in [5, 5.41) is 10.7. The van der Waals surface area contributed by atoms with Crippen LogP contribution in [0.25, 0.3) is 17.4 Å². The standard InChI is InChI=1S/C17H9ClN2O5S/c1-2-7-19-16(21)15(26-17(19)22)9-11-4-6-14(25-11)12-8-10(20(23)24)3-5-13(12)18/h1,3-6,8-9H,7H2/b15-9+. The number of nitro benzene ring substituents is 1. The topological polar surface area (TPSA) is 93.7 Å². The molecular formula is C17H9ClN2O5S. The van der Waals surface area contributed by atoms with E-state index in [0.29, 0.717) is 17.1 Å². The monoisotopic (exact) mass is 388 g/mol. The van der Waals surface area contributed by atoms with E-state index in [9.17, 15) is 19.7 Å². The van der Waals surface area contributed by atoms with Crippen LogP contribution in [0.3, 0.4) is 0 Å². The molecular weight excluding hydrogens is 380 g/mol. The summed E-state index contributed by atoms with van der Waals surface area (Å²) in [6.45, 7) is -0.102. The molecule has 1 aliphatic rings. The third-order valence-electron chi connectivity index (χ3n) is 3.45. The van der Waals surface area contributed by atoms with E-state index in [4.69, 9.17) is 22.4 Å². The minimum absolute atomic E-state index is 0.102. The van der Waals surface area contributed by atoms with E-state index < -0.39 is 16.1 Å². The Morgan fingerprint density at radius 1 is 1.35 bits per heavy atom. The smallest absolute Gasteiger partial charge is 0.294 e. The highest BCUT2D eigenvalue weighted by Gasteiger charge is 2.34. The number of rotatable bonds is 4. The molecule has 0 atom stereocenters. The fourth-order valence-corrected chi connectivity index (χ4v) is 3.28. The predicted molar refractivity (Wildman–Crippen MR) is 97.3 cm³/mol. The second-order valence-electron chi connectivity index (χ2n) is 5.10. The van der Waals surface area contributed by atoms with Gasteiger partial charge in [0.25, 0.3) is 16.8 Å². The number of nitro groups is 1. The van der Waals surface area contributed by atoms with Crippen LogP contribution in [0.5, 0.6) is 0 Å². The number of furan rings is 1. The predicted octanol–water partition coefficient (Wildman–Crippen LogP) is 4.18. The van der Waals surface area contributed by atoms with Gasteiger partial charge in [0.1, 0.15) is 11.5 Å². The molecule has 2 aromatic rings. The van der Waals surface area contributed by atoms with E-state index in [0.717, 1.165) is 16.7 Å². The molecule has 1 aromatic heterocycles.